The number of fused-ring (bicyclic) bond motifs is 2. The first-order chi connectivity index (χ1) is 11.3. The fourth-order valence-electron chi connectivity index (χ4n) is 3.44. The molecule has 1 aromatic rings. The van der Waals surface area contributed by atoms with Crippen molar-refractivity contribution in [2.45, 2.75) is 44.7 Å². The van der Waals surface area contributed by atoms with E-state index >= 15 is 0 Å². The number of Topliss-reactive ketones (excluding diaryl/α,β-unsaturated/α-hetero) is 1. The number of rotatable bonds is 4. The summed E-state index contributed by atoms with van der Waals surface area (Å²) in [6.45, 7) is 2.72. The molecule has 2 aliphatic heterocycles. The van der Waals surface area contributed by atoms with Crippen LogP contribution in [-0.2, 0) is 17.5 Å². The van der Waals surface area contributed by atoms with E-state index in [1.807, 2.05) is 4.90 Å². The van der Waals surface area contributed by atoms with Gasteiger partial charge in [-0.25, -0.2) is 0 Å². The Bertz CT molecular complexity index is 687. The molecule has 2 fully saturated rings. The Morgan fingerprint density at radius 2 is 1.83 bits per heavy atom. The van der Waals surface area contributed by atoms with Gasteiger partial charge in [0.25, 0.3) is 5.56 Å². The minimum Gasteiger partial charge on any atom is -0.372 e. The number of hydrogen-bond donors (Lipinski definition) is 0. The van der Waals surface area contributed by atoms with Crippen LogP contribution in [0.5, 0.6) is 0 Å². The number of carbonyl (C=O) groups is 1. The quantitative estimate of drug-likeness (QED) is 0.784. The molecule has 2 unspecified atom stereocenters. The third-order valence-electron chi connectivity index (χ3n) is 4.60. The summed E-state index contributed by atoms with van der Waals surface area (Å²) in [5, 5.41) is 0. The lowest BCUT2D eigenvalue weighted by atomic mass is 10.1. The molecule has 5 nitrogen and oxygen atoms in total. The lowest BCUT2D eigenvalue weighted by Crippen LogP contribution is -2.45. The molecule has 1 aromatic heterocycles. The number of ether oxygens (including phenoxy) is 1. The van der Waals surface area contributed by atoms with Gasteiger partial charge in [0, 0.05) is 26.2 Å². The number of nitrogens with zero attached hydrogens (tertiary/aromatic N) is 2. The van der Waals surface area contributed by atoms with Crippen molar-refractivity contribution in [1.82, 2.24) is 9.47 Å². The topological polar surface area (TPSA) is 51.5 Å². The second-order valence-electron chi connectivity index (χ2n) is 6.36. The molecule has 3 rings (SSSR count). The number of pyridine rings is 1. The summed E-state index contributed by atoms with van der Waals surface area (Å²) in [5.74, 6) is -0.535. The van der Waals surface area contributed by atoms with E-state index < -0.39 is 23.2 Å². The SMILES string of the molecule is CC(=O)c1ccc(C(F)(F)F)n(CCN2CC3CCC(C2)O3)c1=O. The van der Waals surface area contributed by atoms with Gasteiger partial charge in [-0.1, -0.05) is 0 Å². The van der Waals surface area contributed by atoms with E-state index in [2.05, 4.69) is 0 Å². The fraction of sp³-hybridized carbons (Fsp3) is 0.625. The molecule has 2 bridgehead atoms. The summed E-state index contributed by atoms with van der Waals surface area (Å²) < 4.78 is 45.9. The summed E-state index contributed by atoms with van der Waals surface area (Å²) in [6.07, 6.45) is -2.45. The largest absolute Gasteiger partial charge is 0.431 e. The molecule has 132 valence electrons. The first-order valence-electron chi connectivity index (χ1n) is 7.95. The van der Waals surface area contributed by atoms with E-state index in [4.69, 9.17) is 4.74 Å². The zero-order chi connectivity index (χ0) is 17.5. The molecule has 0 spiro atoms. The van der Waals surface area contributed by atoms with Crippen molar-refractivity contribution in [3.8, 4) is 0 Å². The van der Waals surface area contributed by atoms with Gasteiger partial charge in [0.05, 0.1) is 17.8 Å². The van der Waals surface area contributed by atoms with E-state index in [0.717, 1.165) is 25.0 Å². The summed E-state index contributed by atoms with van der Waals surface area (Å²) in [7, 11) is 0. The lowest BCUT2D eigenvalue weighted by Gasteiger charge is -2.32. The molecule has 0 saturated carbocycles. The highest BCUT2D eigenvalue weighted by Gasteiger charge is 2.36. The minimum absolute atomic E-state index is 0.103. The minimum atomic E-state index is -4.64. The monoisotopic (exact) mass is 344 g/mol. The highest BCUT2D eigenvalue weighted by molar-refractivity contribution is 5.93. The van der Waals surface area contributed by atoms with Crippen LogP contribution in [0.15, 0.2) is 16.9 Å². The van der Waals surface area contributed by atoms with Crippen LogP contribution in [0.2, 0.25) is 0 Å². The van der Waals surface area contributed by atoms with Crippen LogP contribution in [0.25, 0.3) is 0 Å². The zero-order valence-electron chi connectivity index (χ0n) is 13.3. The van der Waals surface area contributed by atoms with Crippen LogP contribution in [0.4, 0.5) is 13.2 Å². The van der Waals surface area contributed by atoms with Gasteiger partial charge < -0.3 is 9.30 Å². The van der Waals surface area contributed by atoms with Crippen molar-refractivity contribution in [2.24, 2.45) is 0 Å². The lowest BCUT2D eigenvalue weighted by molar-refractivity contribution is -0.144. The van der Waals surface area contributed by atoms with E-state index in [0.29, 0.717) is 24.2 Å². The molecule has 2 atom stereocenters. The number of ketones is 1. The third kappa shape index (κ3) is 3.39. The molecule has 24 heavy (non-hydrogen) atoms. The smallest absolute Gasteiger partial charge is 0.372 e. The maximum absolute atomic E-state index is 13.2. The summed E-state index contributed by atoms with van der Waals surface area (Å²) in [6, 6.07) is 1.76. The molecular weight excluding hydrogens is 325 g/mol. The number of morpholine rings is 1. The van der Waals surface area contributed by atoms with E-state index in [1.54, 1.807) is 0 Å². The third-order valence-corrected chi connectivity index (χ3v) is 4.60. The van der Waals surface area contributed by atoms with Crippen LogP contribution in [0.3, 0.4) is 0 Å². The Hall–Kier alpha value is -1.67. The number of halogens is 3. The van der Waals surface area contributed by atoms with Crippen LogP contribution >= 0.6 is 0 Å². The fourth-order valence-corrected chi connectivity index (χ4v) is 3.44. The van der Waals surface area contributed by atoms with E-state index in [9.17, 15) is 22.8 Å². The molecular formula is C16H19F3N2O3. The summed E-state index contributed by atoms with van der Waals surface area (Å²) in [5.41, 5.74) is -2.12. The van der Waals surface area contributed by atoms with Crippen LogP contribution < -0.4 is 5.56 Å². The van der Waals surface area contributed by atoms with Gasteiger partial charge in [0.2, 0.25) is 0 Å². The van der Waals surface area contributed by atoms with Gasteiger partial charge in [0.15, 0.2) is 5.78 Å². The van der Waals surface area contributed by atoms with Crippen molar-refractivity contribution in [3.05, 3.63) is 33.7 Å². The Balaban J connectivity index is 1.84. The zero-order valence-corrected chi connectivity index (χ0v) is 13.3. The average molecular weight is 344 g/mol. The molecule has 0 amide bonds. The Kier molecular flexibility index (Phi) is 4.52. The summed E-state index contributed by atoms with van der Waals surface area (Å²) in [4.78, 5) is 25.8. The highest BCUT2D eigenvalue weighted by atomic mass is 19.4. The Morgan fingerprint density at radius 1 is 1.21 bits per heavy atom. The van der Waals surface area contributed by atoms with Gasteiger partial charge >= 0.3 is 6.18 Å². The van der Waals surface area contributed by atoms with Crippen LogP contribution in [0, 0.1) is 0 Å². The molecule has 0 aliphatic carbocycles. The second kappa shape index (κ2) is 6.33. The van der Waals surface area contributed by atoms with Crippen LogP contribution in [0.1, 0.15) is 35.8 Å². The van der Waals surface area contributed by atoms with Gasteiger partial charge in [-0.05, 0) is 31.9 Å². The second-order valence-corrected chi connectivity index (χ2v) is 6.36. The van der Waals surface area contributed by atoms with Gasteiger partial charge in [-0.15, -0.1) is 0 Å². The molecule has 0 N–H and O–H groups in total. The first kappa shape index (κ1) is 17.2. The molecule has 0 aromatic carbocycles. The predicted octanol–water partition coefficient (Wildman–Crippen LogP) is 1.93. The molecule has 2 saturated heterocycles. The van der Waals surface area contributed by atoms with Crippen molar-refractivity contribution >= 4 is 5.78 Å². The number of alkyl halides is 3. The molecule has 8 heteroatoms. The Labute approximate surface area is 137 Å². The normalized spacial score (nSPS) is 24.3. The standard InChI is InChI=1S/C16H19F3N2O3/c1-10(22)13-4-5-14(16(17,18)19)21(15(13)23)7-6-20-8-11-2-3-12(9-20)24-11/h4-5,11-12H,2-3,6-9H2,1H3. The Morgan fingerprint density at radius 3 is 2.38 bits per heavy atom. The number of likely N-dealkylation sites (tertiary alicyclic amines) is 1. The average Bonchev–Trinajstić information content (AvgIpc) is 2.83. The van der Waals surface area contributed by atoms with E-state index in [1.165, 1.54) is 6.92 Å². The number of carbonyl (C=O) groups excluding carboxylic acids is 1. The highest BCUT2D eigenvalue weighted by Crippen LogP contribution is 2.29. The van der Waals surface area contributed by atoms with Crippen molar-refractivity contribution in [1.29, 1.82) is 0 Å². The maximum atomic E-state index is 13.2. The van der Waals surface area contributed by atoms with Crippen LogP contribution in [-0.4, -0.2) is 47.1 Å². The van der Waals surface area contributed by atoms with Crippen molar-refractivity contribution < 1.29 is 22.7 Å². The molecule has 0 radical (unpaired) electrons. The van der Waals surface area contributed by atoms with Gasteiger partial charge in [0.1, 0.15) is 5.69 Å². The van der Waals surface area contributed by atoms with E-state index in [-0.39, 0.29) is 24.3 Å². The van der Waals surface area contributed by atoms with Gasteiger partial charge in [-0.2, -0.15) is 13.2 Å². The van der Waals surface area contributed by atoms with Crippen molar-refractivity contribution in [3.63, 3.8) is 0 Å². The maximum Gasteiger partial charge on any atom is 0.431 e. The summed E-state index contributed by atoms with van der Waals surface area (Å²) >= 11 is 0. The predicted molar refractivity (Wildman–Crippen MR) is 80.0 cm³/mol. The van der Waals surface area contributed by atoms with Crippen molar-refractivity contribution in [2.75, 3.05) is 19.6 Å². The number of aromatic nitrogens is 1. The molecule has 3 heterocycles. The van der Waals surface area contributed by atoms with Gasteiger partial charge in [-0.3, -0.25) is 14.5 Å². The first-order valence-corrected chi connectivity index (χ1v) is 7.95. The molecule has 2 aliphatic rings. The number of hydrogen-bond acceptors (Lipinski definition) is 4.